The Bertz CT molecular complexity index is 2090. The molecule has 2 heterocycles. The summed E-state index contributed by atoms with van der Waals surface area (Å²) in [5, 5.41) is 31.9. The third-order valence-electron chi connectivity index (χ3n) is 7.83. The van der Waals surface area contributed by atoms with Gasteiger partial charge >= 0.3 is 0 Å². The summed E-state index contributed by atoms with van der Waals surface area (Å²) in [4.78, 5) is 8.27. The van der Waals surface area contributed by atoms with E-state index in [2.05, 4.69) is 78.2 Å². The van der Waals surface area contributed by atoms with Gasteiger partial charge in [0.2, 0.25) is 0 Å². The van der Waals surface area contributed by atoms with Crippen molar-refractivity contribution in [2.24, 2.45) is 0 Å². The molecule has 8 nitrogen and oxygen atoms in total. The topological polar surface area (TPSA) is 106 Å². The lowest BCUT2D eigenvalue weighted by Gasteiger charge is -2.21. The molecule has 2 aromatic heterocycles. The Balaban J connectivity index is 0.000000233. The third kappa shape index (κ3) is 15.4. The first-order valence-corrected chi connectivity index (χ1v) is 19.6. The van der Waals surface area contributed by atoms with Gasteiger partial charge in [-0.2, -0.15) is 0 Å². The van der Waals surface area contributed by atoms with Crippen molar-refractivity contribution in [1.82, 2.24) is 9.97 Å². The van der Waals surface area contributed by atoms with Gasteiger partial charge in [0.25, 0.3) is 0 Å². The zero-order valence-electron chi connectivity index (χ0n) is 33.9. The Morgan fingerprint density at radius 3 is 1.60 bits per heavy atom. The second kappa shape index (κ2) is 26.2. The number of benzene rings is 4. The van der Waals surface area contributed by atoms with Crippen molar-refractivity contribution in [2.45, 2.75) is 34.6 Å². The fourth-order valence-corrected chi connectivity index (χ4v) is 5.28. The number of para-hydroxylation sites is 5. The predicted molar refractivity (Wildman–Crippen MR) is 251 cm³/mol. The average molecular weight is 791 g/mol. The molecule has 0 aliphatic carbocycles. The van der Waals surface area contributed by atoms with Crippen molar-refractivity contribution in [2.75, 3.05) is 21.0 Å². The molecule has 0 bridgehead atoms. The van der Waals surface area contributed by atoms with E-state index in [9.17, 15) is 5.21 Å². The van der Waals surface area contributed by atoms with Crippen LogP contribution in [-0.4, -0.2) is 20.3 Å². The number of aromatic nitrogens is 2. The van der Waals surface area contributed by atoms with Crippen molar-refractivity contribution >= 4 is 43.0 Å². The lowest BCUT2D eigenvalue weighted by molar-refractivity contribution is 0.301. The second-order valence-electron chi connectivity index (χ2n) is 11.9. The predicted octanol–water partition coefficient (Wildman–Crippen LogP) is 12.7. The van der Waals surface area contributed by atoms with Crippen molar-refractivity contribution < 1.29 is 10.3 Å². The van der Waals surface area contributed by atoms with Gasteiger partial charge in [0, 0.05) is 23.3 Å². The minimum absolute atomic E-state index is 0.163. The molecule has 4 aromatic carbocycles. The molecular formula is C49H55N6O2P. The minimum atomic E-state index is 0.163. The molecule has 0 aliphatic rings. The van der Waals surface area contributed by atoms with E-state index in [4.69, 9.17) is 5.11 Å². The molecule has 298 valence electrons. The van der Waals surface area contributed by atoms with Gasteiger partial charge < -0.3 is 21.1 Å². The molecule has 0 fully saturated rings. The van der Waals surface area contributed by atoms with Gasteiger partial charge in [0.05, 0.1) is 46.0 Å². The number of anilines is 5. The first-order chi connectivity index (χ1) is 28.3. The van der Waals surface area contributed by atoms with Crippen molar-refractivity contribution in [3.8, 4) is 17.1 Å². The average Bonchev–Trinajstić information content (AvgIpc) is 3.28. The van der Waals surface area contributed by atoms with Crippen LogP contribution in [0.25, 0.3) is 11.4 Å². The highest BCUT2D eigenvalue weighted by molar-refractivity contribution is 7.27. The Hall–Kier alpha value is -6.73. The fourth-order valence-electron chi connectivity index (χ4n) is 5.11. The lowest BCUT2D eigenvalue weighted by atomic mass is 10.2. The fraction of sp³-hybridized carbons (Fsp3) is 0.102. The highest BCUT2D eigenvalue weighted by Gasteiger charge is 2.11. The Morgan fingerprint density at radius 1 is 0.638 bits per heavy atom. The molecule has 0 aliphatic heterocycles. The van der Waals surface area contributed by atoms with E-state index in [1.54, 1.807) is 24.4 Å². The van der Waals surface area contributed by atoms with Gasteiger partial charge in [0.1, 0.15) is 5.75 Å². The van der Waals surface area contributed by atoms with Gasteiger partial charge in [-0.1, -0.05) is 118 Å². The van der Waals surface area contributed by atoms with Crippen molar-refractivity contribution in [3.05, 3.63) is 212 Å². The van der Waals surface area contributed by atoms with Gasteiger partial charge in [-0.15, -0.1) is 9.24 Å². The lowest BCUT2D eigenvalue weighted by Crippen LogP contribution is -2.12. The molecule has 0 spiro atoms. The molecule has 0 radical (unpaired) electrons. The minimum Gasteiger partial charge on any atom is -0.506 e. The van der Waals surface area contributed by atoms with Crippen LogP contribution < -0.4 is 26.3 Å². The molecular weight excluding hydrogens is 736 g/mol. The van der Waals surface area contributed by atoms with E-state index in [1.165, 1.54) is 11.3 Å². The Morgan fingerprint density at radius 2 is 1.14 bits per heavy atom. The van der Waals surface area contributed by atoms with Crippen LogP contribution in [0.4, 0.5) is 28.4 Å². The molecule has 5 N–H and O–H groups in total. The van der Waals surface area contributed by atoms with Crippen LogP contribution in [-0.2, 0) is 0 Å². The van der Waals surface area contributed by atoms with Gasteiger partial charge in [-0.25, -0.2) is 5.06 Å². The summed E-state index contributed by atoms with van der Waals surface area (Å²) < 4.78 is 0. The summed E-state index contributed by atoms with van der Waals surface area (Å²) in [5.41, 5.74) is 8.91. The number of hydrogen-bond donors (Lipinski definition) is 5. The van der Waals surface area contributed by atoms with Gasteiger partial charge in [-0.3, -0.25) is 15.2 Å². The first-order valence-electron chi connectivity index (χ1n) is 19.0. The molecule has 1 unspecified atom stereocenters. The summed E-state index contributed by atoms with van der Waals surface area (Å²) >= 11 is 0. The highest BCUT2D eigenvalue weighted by atomic mass is 31.0. The summed E-state index contributed by atoms with van der Waals surface area (Å²) in [5.74, 6) is 0.163. The highest BCUT2D eigenvalue weighted by Crippen LogP contribution is 2.31. The van der Waals surface area contributed by atoms with Crippen LogP contribution in [0.15, 0.2) is 212 Å². The molecule has 58 heavy (non-hydrogen) atoms. The summed E-state index contributed by atoms with van der Waals surface area (Å²) in [6.45, 7) is 13.7. The largest absolute Gasteiger partial charge is 0.506 e. The SMILES string of the molecule is C/C=C(Nc1ccccc1)\C(=C/C)Nc1ccccc1.C=C/C=C(\C=C/C)Nc1ccccc1N(O)c1ccccc1.CC.Oc1ccc(-c2ccc(P)cn2)nc1. The quantitative estimate of drug-likeness (QED) is 0.0474. The van der Waals surface area contributed by atoms with Crippen LogP contribution in [0, 0.1) is 0 Å². The maximum atomic E-state index is 10.5. The summed E-state index contributed by atoms with van der Waals surface area (Å²) in [6.07, 6.45) is 14.8. The number of aromatic hydroxyl groups is 1. The Labute approximate surface area is 346 Å². The zero-order valence-corrected chi connectivity index (χ0v) is 35.1. The van der Waals surface area contributed by atoms with Crippen LogP contribution in [0.5, 0.6) is 5.75 Å². The smallest absolute Gasteiger partial charge is 0.133 e. The third-order valence-corrected chi connectivity index (χ3v) is 8.17. The molecule has 6 rings (SSSR count). The van der Waals surface area contributed by atoms with Crippen LogP contribution >= 0.6 is 9.24 Å². The molecule has 0 saturated carbocycles. The number of rotatable bonds is 12. The maximum Gasteiger partial charge on any atom is 0.133 e. The normalized spacial score (nSPS) is 11.1. The molecule has 0 saturated heterocycles. The summed E-state index contributed by atoms with van der Waals surface area (Å²) in [7, 11) is 2.57. The summed E-state index contributed by atoms with van der Waals surface area (Å²) in [6, 6.07) is 44.5. The zero-order chi connectivity index (χ0) is 42.0. The molecule has 9 heteroatoms. The maximum absolute atomic E-state index is 10.5. The van der Waals surface area contributed by atoms with Crippen molar-refractivity contribution in [1.29, 1.82) is 0 Å². The molecule has 0 amide bonds. The van der Waals surface area contributed by atoms with E-state index in [-0.39, 0.29) is 5.75 Å². The molecule has 1 atom stereocenters. The number of allylic oxidation sites excluding steroid dienone is 6. The number of nitrogens with zero attached hydrogens (tertiary/aromatic N) is 3. The van der Waals surface area contributed by atoms with Gasteiger partial charge in [0.15, 0.2) is 0 Å². The van der Waals surface area contributed by atoms with Crippen LogP contribution in [0.2, 0.25) is 0 Å². The Kier molecular flexibility index (Phi) is 20.6. The van der Waals surface area contributed by atoms with Crippen LogP contribution in [0.3, 0.4) is 0 Å². The van der Waals surface area contributed by atoms with Gasteiger partial charge in [-0.05, 0) is 105 Å². The van der Waals surface area contributed by atoms with E-state index in [0.29, 0.717) is 11.4 Å². The van der Waals surface area contributed by atoms with E-state index in [1.807, 2.05) is 156 Å². The first kappa shape index (κ1) is 45.7. The molecule has 6 aromatic rings. The monoisotopic (exact) mass is 790 g/mol. The standard InChI is InChI=1S/C19H20N2O.C18H20N2.C10H9N2OP.C2H6/c1-3-10-16(11-4-2)20-18-14-8-9-15-19(18)21(22)17-12-6-5-7-13-17;1-3-17(19-15-11-7-5-8-12-15)18(4-2)20-16-13-9-6-10-14-16;13-7-1-3-9(11-5-7)10-4-2-8(14)6-12-10;1-2/h3-15,20,22H,1H2,2H3;3-14,19-20H,1-2H3;1-6,13H,14H2;1-2H3/b11-4-,16-10+;17-3+,18-4+;;. The van der Waals surface area contributed by atoms with Crippen molar-refractivity contribution in [3.63, 3.8) is 0 Å². The van der Waals surface area contributed by atoms with E-state index >= 15 is 0 Å². The van der Waals surface area contributed by atoms with Crippen LogP contribution in [0.1, 0.15) is 34.6 Å². The second-order valence-corrected chi connectivity index (χ2v) is 12.6. The number of hydrogen-bond acceptors (Lipinski definition) is 8. The van der Waals surface area contributed by atoms with E-state index < -0.39 is 0 Å². The number of pyridine rings is 2. The number of nitrogens with one attached hydrogen (secondary N) is 3. The van der Waals surface area contributed by atoms with E-state index in [0.717, 1.165) is 50.8 Å².